The summed E-state index contributed by atoms with van der Waals surface area (Å²) in [5, 5.41) is 29.0. The molecule has 2 unspecified atom stereocenters. The number of aromatic nitrogens is 4. The summed E-state index contributed by atoms with van der Waals surface area (Å²) in [7, 11) is 0. The largest absolute Gasteiger partial charge is 0.394 e. The molecule has 4 atom stereocenters. The minimum Gasteiger partial charge on any atom is -0.394 e. The highest BCUT2D eigenvalue weighted by Crippen LogP contribution is 2.32. The Hall–Kier alpha value is -2.07. The van der Waals surface area contributed by atoms with Crippen molar-refractivity contribution in [1.82, 2.24) is 19.5 Å². The number of aliphatic hydroxyl groups excluding tert-OH is 3. The third-order valence-electron chi connectivity index (χ3n) is 3.41. The summed E-state index contributed by atoms with van der Waals surface area (Å²) in [4.78, 5) is 11.9. The second-order valence-corrected chi connectivity index (χ2v) is 4.74. The fourth-order valence-corrected chi connectivity index (χ4v) is 2.33. The summed E-state index contributed by atoms with van der Waals surface area (Å²) in [6.45, 7) is -0.390. The Balaban J connectivity index is 1.96. The van der Waals surface area contributed by atoms with E-state index in [4.69, 9.17) is 15.6 Å². The number of ether oxygens (including phenoxy) is 1. The first-order valence-corrected chi connectivity index (χ1v) is 6.34. The van der Waals surface area contributed by atoms with Crippen molar-refractivity contribution in [1.29, 1.82) is 0 Å². The zero-order valence-corrected chi connectivity index (χ0v) is 10.9. The maximum absolute atomic E-state index is 10.1. The van der Waals surface area contributed by atoms with Crippen LogP contribution in [0.3, 0.4) is 0 Å². The maximum atomic E-state index is 10.1. The lowest BCUT2D eigenvalue weighted by molar-refractivity contribution is -0.0520. The van der Waals surface area contributed by atoms with Crippen molar-refractivity contribution < 1.29 is 20.1 Å². The Morgan fingerprint density at radius 3 is 2.76 bits per heavy atom. The van der Waals surface area contributed by atoms with Crippen molar-refractivity contribution in [3.05, 3.63) is 24.9 Å². The number of anilines is 1. The van der Waals surface area contributed by atoms with Gasteiger partial charge in [0.2, 0.25) is 0 Å². The zero-order valence-electron chi connectivity index (χ0n) is 10.9. The van der Waals surface area contributed by atoms with E-state index in [1.165, 1.54) is 23.4 Å². The number of hydrogen-bond acceptors (Lipinski definition) is 8. The molecule has 2 aromatic rings. The molecule has 0 amide bonds. The van der Waals surface area contributed by atoms with Gasteiger partial charge in [-0.25, -0.2) is 15.0 Å². The van der Waals surface area contributed by atoms with Crippen LogP contribution in [-0.2, 0) is 4.74 Å². The summed E-state index contributed by atoms with van der Waals surface area (Å²) in [5.41, 5.74) is 6.69. The summed E-state index contributed by atoms with van der Waals surface area (Å²) >= 11 is 0. The lowest BCUT2D eigenvalue weighted by Crippen LogP contribution is -2.33. The van der Waals surface area contributed by atoms with Crippen LogP contribution < -0.4 is 5.73 Å². The van der Waals surface area contributed by atoms with Gasteiger partial charge < -0.3 is 25.8 Å². The lowest BCUT2D eigenvalue weighted by Gasteiger charge is -2.18. The number of hydrogen-bond donors (Lipinski definition) is 4. The van der Waals surface area contributed by atoms with E-state index in [-0.39, 0.29) is 6.61 Å². The molecule has 0 bridgehead atoms. The maximum Gasteiger partial charge on any atom is 0.164 e. The van der Waals surface area contributed by atoms with Crippen molar-refractivity contribution in [3.8, 4) is 11.4 Å². The molecule has 5 N–H and O–H groups in total. The van der Waals surface area contributed by atoms with Crippen molar-refractivity contribution in [2.45, 2.75) is 24.5 Å². The van der Waals surface area contributed by atoms with Gasteiger partial charge in [-0.05, 0) is 0 Å². The molecule has 1 fully saturated rings. The Bertz CT molecular complexity index is 634. The molecular formula is C12H15N5O4. The lowest BCUT2D eigenvalue weighted by atomic mass is 10.1. The van der Waals surface area contributed by atoms with Crippen molar-refractivity contribution in [2.24, 2.45) is 0 Å². The van der Waals surface area contributed by atoms with Crippen LogP contribution in [0.4, 0.5) is 5.82 Å². The average Bonchev–Trinajstić information content (AvgIpc) is 3.05. The molecule has 3 rings (SSSR count). The Kier molecular flexibility index (Phi) is 3.55. The predicted molar refractivity (Wildman–Crippen MR) is 70.7 cm³/mol. The molecule has 0 aliphatic carbocycles. The van der Waals surface area contributed by atoms with E-state index in [1.807, 2.05) is 0 Å². The number of nitrogen functional groups attached to an aromatic ring is 1. The molecule has 2 aromatic heterocycles. The van der Waals surface area contributed by atoms with Crippen molar-refractivity contribution in [2.75, 3.05) is 12.3 Å². The van der Waals surface area contributed by atoms with Crippen molar-refractivity contribution >= 4 is 5.82 Å². The van der Waals surface area contributed by atoms with Gasteiger partial charge in [-0.1, -0.05) is 0 Å². The van der Waals surface area contributed by atoms with Gasteiger partial charge in [0.1, 0.15) is 30.5 Å². The fraction of sp³-hybridized carbons (Fsp3) is 0.417. The molecule has 1 saturated heterocycles. The first kappa shape index (κ1) is 13.9. The fourth-order valence-electron chi connectivity index (χ4n) is 2.33. The molecule has 9 heteroatoms. The molecule has 0 spiro atoms. The summed E-state index contributed by atoms with van der Waals surface area (Å²) < 4.78 is 7.00. The molecule has 1 aliphatic heterocycles. The number of imidazole rings is 1. The highest BCUT2D eigenvalue weighted by molar-refractivity contribution is 5.57. The quantitative estimate of drug-likeness (QED) is 0.538. The van der Waals surface area contributed by atoms with Gasteiger partial charge >= 0.3 is 0 Å². The van der Waals surface area contributed by atoms with Crippen LogP contribution in [0.25, 0.3) is 11.4 Å². The van der Waals surface area contributed by atoms with Gasteiger partial charge in [-0.2, -0.15) is 0 Å². The highest BCUT2D eigenvalue weighted by atomic mass is 16.6. The molecule has 112 valence electrons. The number of aliphatic hydroxyl groups is 3. The second kappa shape index (κ2) is 5.37. The molecule has 0 saturated carbocycles. The third-order valence-corrected chi connectivity index (χ3v) is 3.41. The SMILES string of the molecule is Nc1cc(-c2cncn2[C@@H]2O[C@H](CO)C(O)C2O)ncn1. The second-order valence-electron chi connectivity index (χ2n) is 4.74. The molecule has 3 heterocycles. The monoisotopic (exact) mass is 293 g/mol. The van der Waals surface area contributed by atoms with Crippen LogP contribution in [0.5, 0.6) is 0 Å². The van der Waals surface area contributed by atoms with E-state index in [9.17, 15) is 10.2 Å². The van der Waals surface area contributed by atoms with Crippen LogP contribution in [-0.4, -0.2) is 59.8 Å². The summed E-state index contributed by atoms with van der Waals surface area (Å²) in [6, 6.07) is 1.56. The molecule has 9 nitrogen and oxygen atoms in total. The number of nitrogens with zero attached hydrogens (tertiary/aromatic N) is 4. The Labute approximate surface area is 119 Å². The minimum atomic E-state index is -1.19. The smallest absolute Gasteiger partial charge is 0.164 e. The highest BCUT2D eigenvalue weighted by Gasteiger charge is 2.43. The van der Waals surface area contributed by atoms with E-state index in [0.29, 0.717) is 17.2 Å². The van der Waals surface area contributed by atoms with Crippen LogP contribution in [0.15, 0.2) is 24.9 Å². The standard InChI is InChI=1S/C12H15N5O4/c13-9-1-6(15-4-16-9)7-2-14-5-17(7)12-11(20)10(19)8(3-18)21-12/h1-2,4-5,8,10-12,18-20H,3H2,(H2,13,15,16)/t8-,10?,11?,12-/m1/s1. The predicted octanol–water partition coefficient (Wildman–Crippen LogP) is -1.47. The molecule has 21 heavy (non-hydrogen) atoms. The van der Waals surface area contributed by atoms with Gasteiger partial charge in [-0.15, -0.1) is 0 Å². The van der Waals surface area contributed by atoms with Crippen LogP contribution in [0, 0.1) is 0 Å². The van der Waals surface area contributed by atoms with Gasteiger partial charge in [0.05, 0.1) is 30.5 Å². The summed E-state index contributed by atoms with van der Waals surface area (Å²) in [5.74, 6) is 0.300. The molecule has 0 radical (unpaired) electrons. The normalized spacial score (nSPS) is 28.9. The van der Waals surface area contributed by atoms with E-state index in [2.05, 4.69) is 15.0 Å². The van der Waals surface area contributed by atoms with Crippen molar-refractivity contribution in [3.63, 3.8) is 0 Å². The number of nitrogens with two attached hydrogens (primary N) is 1. The van der Waals surface area contributed by atoms with E-state index >= 15 is 0 Å². The van der Waals surface area contributed by atoms with Crippen LogP contribution in [0.1, 0.15) is 6.23 Å². The van der Waals surface area contributed by atoms with Gasteiger partial charge in [0.25, 0.3) is 0 Å². The summed E-state index contributed by atoms with van der Waals surface area (Å²) in [6.07, 6.45) is 0.227. The van der Waals surface area contributed by atoms with Gasteiger partial charge in [0, 0.05) is 6.07 Å². The number of rotatable bonds is 3. The molecule has 1 aliphatic rings. The van der Waals surface area contributed by atoms with Crippen LogP contribution in [0.2, 0.25) is 0 Å². The minimum absolute atomic E-state index is 0.300. The van der Waals surface area contributed by atoms with Gasteiger partial charge in [0.15, 0.2) is 6.23 Å². The van der Waals surface area contributed by atoms with E-state index in [0.717, 1.165) is 0 Å². The first-order chi connectivity index (χ1) is 10.1. The van der Waals surface area contributed by atoms with E-state index < -0.39 is 24.5 Å². The average molecular weight is 293 g/mol. The first-order valence-electron chi connectivity index (χ1n) is 6.34. The van der Waals surface area contributed by atoms with E-state index in [1.54, 1.807) is 6.07 Å². The topological polar surface area (TPSA) is 140 Å². The Morgan fingerprint density at radius 2 is 2.10 bits per heavy atom. The third kappa shape index (κ3) is 2.36. The molecular weight excluding hydrogens is 278 g/mol. The molecule has 0 aromatic carbocycles. The zero-order chi connectivity index (χ0) is 15.0. The Morgan fingerprint density at radius 1 is 1.29 bits per heavy atom. The van der Waals surface area contributed by atoms with Gasteiger partial charge in [-0.3, -0.25) is 4.57 Å². The van der Waals surface area contributed by atoms with Crippen LogP contribution >= 0.6 is 0 Å².